The van der Waals surface area contributed by atoms with Crippen LogP contribution in [0.2, 0.25) is 0 Å². The number of nitrogens with zero attached hydrogens (tertiary/aromatic N) is 5. The third-order valence-corrected chi connectivity index (χ3v) is 5.16. The van der Waals surface area contributed by atoms with Crippen molar-refractivity contribution >= 4 is 23.2 Å². The van der Waals surface area contributed by atoms with Crippen molar-refractivity contribution in [1.82, 2.24) is 25.1 Å². The SMILES string of the molecule is Cn1cc(-c2ccnc(N3CCC(NC(=O)Cc4ccsc4)C3)n2)cn1. The van der Waals surface area contributed by atoms with Gasteiger partial charge in [0.15, 0.2) is 0 Å². The summed E-state index contributed by atoms with van der Waals surface area (Å²) in [6, 6.07) is 4.01. The van der Waals surface area contributed by atoms with E-state index in [1.54, 1.807) is 28.4 Å². The highest BCUT2D eigenvalue weighted by Gasteiger charge is 2.26. The number of carbonyl (C=O) groups excluding carboxylic acids is 1. The van der Waals surface area contributed by atoms with Gasteiger partial charge in [0.25, 0.3) is 0 Å². The Labute approximate surface area is 155 Å². The molecule has 1 saturated heterocycles. The first-order chi connectivity index (χ1) is 12.7. The van der Waals surface area contributed by atoms with E-state index >= 15 is 0 Å². The average molecular weight is 368 g/mol. The minimum absolute atomic E-state index is 0.0697. The zero-order valence-electron chi connectivity index (χ0n) is 14.5. The van der Waals surface area contributed by atoms with E-state index in [0.29, 0.717) is 12.4 Å². The first-order valence-electron chi connectivity index (χ1n) is 8.55. The lowest BCUT2D eigenvalue weighted by Crippen LogP contribution is -2.38. The molecule has 1 N–H and O–H groups in total. The van der Waals surface area contributed by atoms with Crippen molar-refractivity contribution in [2.75, 3.05) is 18.0 Å². The number of aryl methyl sites for hydroxylation is 1. The largest absolute Gasteiger partial charge is 0.351 e. The molecule has 8 heteroatoms. The van der Waals surface area contributed by atoms with Crippen LogP contribution in [0.5, 0.6) is 0 Å². The molecule has 1 aliphatic heterocycles. The van der Waals surface area contributed by atoms with Crippen LogP contribution in [-0.2, 0) is 18.3 Å². The monoisotopic (exact) mass is 368 g/mol. The van der Waals surface area contributed by atoms with E-state index in [-0.39, 0.29) is 11.9 Å². The Kier molecular flexibility index (Phi) is 4.66. The van der Waals surface area contributed by atoms with Crippen LogP contribution >= 0.6 is 11.3 Å². The maximum absolute atomic E-state index is 12.2. The van der Waals surface area contributed by atoms with Gasteiger partial charge in [-0.2, -0.15) is 16.4 Å². The third-order valence-electron chi connectivity index (χ3n) is 4.42. The van der Waals surface area contributed by atoms with Crippen molar-refractivity contribution in [3.63, 3.8) is 0 Å². The van der Waals surface area contributed by atoms with Gasteiger partial charge in [-0.15, -0.1) is 0 Å². The number of anilines is 1. The minimum Gasteiger partial charge on any atom is -0.351 e. The van der Waals surface area contributed by atoms with Crippen molar-refractivity contribution in [1.29, 1.82) is 0 Å². The highest BCUT2D eigenvalue weighted by atomic mass is 32.1. The predicted octanol–water partition coefficient (Wildman–Crippen LogP) is 1.88. The van der Waals surface area contributed by atoms with E-state index in [9.17, 15) is 4.79 Å². The zero-order valence-corrected chi connectivity index (χ0v) is 15.3. The first-order valence-corrected chi connectivity index (χ1v) is 9.49. The van der Waals surface area contributed by atoms with Crippen molar-refractivity contribution < 1.29 is 4.79 Å². The summed E-state index contributed by atoms with van der Waals surface area (Å²) < 4.78 is 1.76. The summed E-state index contributed by atoms with van der Waals surface area (Å²) in [5.41, 5.74) is 2.89. The van der Waals surface area contributed by atoms with Gasteiger partial charge in [-0.1, -0.05) is 0 Å². The van der Waals surface area contributed by atoms with Gasteiger partial charge in [-0.05, 0) is 34.9 Å². The predicted molar refractivity (Wildman–Crippen MR) is 101 cm³/mol. The molecule has 0 bridgehead atoms. The summed E-state index contributed by atoms with van der Waals surface area (Å²) in [7, 11) is 1.88. The lowest BCUT2D eigenvalue weighted by atomic mass is 10.2. The van der Waals surface area contributed by atoms with Crippen LogP contribution in [0.15, 0.2) is 41.5 Å². The summed E-state index contributed by atoms with van der Waals surface area (Å²) in [6.45, 7) is 1.56. The average Bonchev–Trinajstić information content (AvgIpc) is 3.37. The topological polar surface area (TPSA) is 75.9 Å². The molecule has 1 atom stereocenters. The van der Waals surface area contributed by atoms with Crippen LogP contribution in [0.3, 0.4) is 0 Å². The maximum atomic E-state index is 12.2. The lowest BCUT2D eigenvalue weighted by molar-refractivity contribution is -0.121. The molecule has 1 amide bonds. The normalized spacial score (nSPS) is 16.8. The first kappa shape index (κ1) is 16.7. The molecule has 26 heavy (non-hydrogen) atoms. The van der Waals surface area contributed by atoms with Crippen molar-refractivity contribution in [3.8, 4) is 11.3 Å². The number of thiophene rings is 1. The molecule has 134 valence electrons. The zero-order chi connectivity index (χ0) is 17.9. The van der Waals surface area contributed by atoms with E-state index < -0.39 is 0 Å². The molecule has 0 aromatic carbocycles. The van der Waals surface area contributed by atoms with Gasteiger partial charge in [0.05, 0.1) is 18.3 Å². The Morgan fingerprint density at radius 2 is 2.35 bits per heavy atom. The van der Waals surface area contributed by atoms with E-state index in [1.165, 1.54) is 0 Å². The Hall–Kier alpha value is -2.74. The minimum atomic E-state index is 0.0697. The van der Waals surface area contributed by atoms with E-state index in [0.717, 1.165) is 36.3 Å². The number of rotatable bonds is 5. The second-order valence-electron chi connectivity index (χ2n) is 6.45. The molecule has 4 rings (SSSR count). The molecule has 1 fully saturated rings. The van der Waals surface area contributed by atoms with Crippen molar-refractivity contribution in [3.05, 3.63) is 47.0 Å². The van der Waals surface area contributed by atoms with Gasteiger partial charge in [-0.3, -0.25) is 9.48 Å². The molecule has 0 saturated carbocycles. The number of hydrogen-bond acceptors (Lipinski definition) is 6. The number of carbonyl (C=O) groups is 1. The molecule has 3 aromatic heterocycles. The van der Waals surface area contributed by atoms with Crippen LogP contribution in [0.4, 0.5) is 5.95 Å². The van der Waals surface area contributed by atoms with Crippen LogP contribution in [0, 0.1) is 0 Å². The maximum Gasteiger partial charge on any atom is 0.225 e. The molecule has 4 heterocycles. The fraction of sp³-hybridized carbons (Fsp3) is 0.333. The highest BCUT2D eigenvalue weighted by Crippen LogP contribution is 2.21. The molecule has 1 aliphatic rings. The Morgan fingerprint density at radius 1 is 1.42 bits per heavy atom. The molecule has 0 aliphatic carbocycles. The van der Waals surface area contributed by atoms with Crippen molar-refractivity contribution in [2.45, 2.75) is 18.9 Å². The number of nitrogens with one attached hydrogen (secondary N) is 1. The van der Waals surface area contributed by atoms with Gasteiger partial charge < -0.3 is 10.2 Å². The summed E-state index contributed by atoms with van der Waals surface area (Å²) in [5, 5.41) is 11.3. The molecule has 3 aromatic rings. The van der Waals surface area contributed by atoms with Crippen LogP contribution in [0.25, 0.3) is 11.3 Å². The smallest absolute Gasteiger partial charge is 0.225 e. The van der Waals surface area contributed by atoms with Gasteiger partial charge in [-0.25, -0.2) is 9.97 Å². The molecule has 1 unspecified atom stereocenters. The van der Waals surface area contributed by atoms with E-state index in [1.807, 2.05) is 36.1 Å². The molecular weight excluding hydrogens is 348 g/mol. The fourth-order valence-corrected chi connectivity index (χ4v) is 3.80. The van der Waals surface area contributed by atoms with Crippen molar-refractivity contribution in [2.24, 2.45) is 7.05 Å². The van der Waals surface area contributed by atoms with Gasteiger partial charge in [0.2, 0.25) is 11.9 Å². The summed E-state index contributed by atoms with van der Waals surface area (Å²) in [4.78, 5) is 23.4. The summed E-state index contributed by atoms with van der Waals surface area (Å²) in [5.74, 6) is 0.765. The highest BCUT2D eigenvalue weighted by molar-refractivity contribution is 7.08. The Bertz CT molecular complexity index is 891. The standard InChI is InChI=1S/C18H20N6OS/c1-23-10-14(9-20-23)16-2-5-19-18(22-16)24-6-3-15(11-24)21-17(25)8-13-4-7-26-12-13/h2,4-5,7,9-10,12,15H,3,6,8,11H2,1H3,(H,21,25). The van der Waals surface area contributed by atoms with Crippen LogP contribution in [0.1, 0.15) is 12.0 Å². The summed E-state index contributed by atoms with van der Waals surface area (Å²) in [6.07, 6.45) is 6.84. The number of amides is 1. The second kappa shape index (κ2) is 7.25. The molecule has 7 nitrogen and oxygen atoms in total. The Balaban J connectivity index is 1.38. The van der Waals surface area contributed by atoms with Crippen LogP contribution < -0.4 is 10.2 Å². The number of hydrogen-bond donors (Lipinski definition) is 1. The number of aromatic nitrogens is 4. The van der Waals surface area contributed by atoms with Gasteiger partial charge in [0.1, 0.15) is 0 Å². The van der Waals surface area contributed by atoms with E-state index in [4.69, 9.17) is 0 Å². The molecule has 0 spiro atoms. The van der Waals surface area contributed by atoms with Crippen LogP contribution in [-0.4, -0.2) is 44.8 Å². The quantitative estimate of drug-likeness (QED) is 0.744. The van der Waals surface area contributed by atoms with Gasteiger partial charge >= 0.3 is 0 Å². The van der Waals surface area contributed by atoms with Gasteiger partial charge in [0, 0.05) is 44.1 Å². The fourth-order valence-electron chi connectivity index (χ4n) is 3.13. The second-order valence-corrected chi connectivity index (χ2v) is 7.23. The third kappa shape index (κ3) is 3.75. The summed E-state index contributed by atoms with van der Waals surface area (Å²) >= 11 is 1.61. The Morgan fingerprint density at radius 3 is 3.12 bits per heavy atom. The molecule has 0 radical (unpaired) electrons. The molecular formula is C18H20N6OS. The van der Waals surface area contributed by atoms with E-state index in [2.05, 4.69) is 25.3 Å². The lowest BCUT2D eigenvalue weighted by Gasteiger charge is -2.17.